The van der Waals surface area contributed by atoms with Crippen LogP contribution in [0.3, 0.4) is 0 Å². The summed E-state index contributed by atoms with van der Waals surface area (Å²) in [6, 6.07) is 0. The summed E-state index contributed by atoms with van der Waals surface area (Å²) in [6.45, 7) is 6.51. The van der Waals surface area contributed by atoms with Gasteiger partial charge in [-0.2, -0.15) is 8.78 Å². The van der Waals surface area contributed by atoms with Crippen LogP contribution in [-0.2, 0) is 19.1 Å². The second-order valence-electron chi connectivity index (χ2n) is 7.78. The van der Waals surface area contributed by atoms with Gasteiger partial charge < -0.3 is 9.47 Å². The first-order chi connectivity index (χ1) is 11.1. The van der Waals surface area contributed by atoms with E-state index in [1.165, 1.54) is 6.92 Å². The van der Waals surface area contributed by atoms with E-state index < -0.39 is 35.5 Å². The molecule has 0 aromatic carbocycles. The standard InChI is InChI=1S/C18H28F2O4/c1-5-14(24-15(21)17(3,4)6-2)18(19,20)16(22)23-13-10-11-7-8-12(13)9-11/h11-14H,5-10H2,1-4H3. The van der Waals surface area contributed by atoms with Gasteiger partial charge in [0.05, 0.1) is 5.41 Å². The minimum atomic E-state index is -3.82. The maximum atomic E-state index is 14.5. The lowest BCUT2D eigenvalue weighted by Crippen LogP contribution is -2.47. The van der Waals surface area contributed by atoms with Crippen LogP contribution in [0.25, 0.3) is 0 Å². The Morgan fingerprint density at radius 2 is 1.79 bits per heavy atom. The summed E-state index contributed by atoms with van der Waals surface area (Å²) >= 11 is 0. The third kappa shape index (κ3) is 3.72. The van der Waals surface area contributed by atoms with Crippen molar-refractivity contribution < 1.29 is 27.8 Å². The summed E-state index contributed by atoms with van der Waals surface area (Å²) in [5.41, 5.74) is -0.863. The SMILES string of the molecule is CCC(OC(=O)C(C)(C)CC)C(F)(F)C(=O)OC1CC2CCC1C2. The van der Waals surface area contributed by atoms with Crippen molar-refractivity contribution in [1.82, 2.24) is 0 Å². The van der Waals surface area contributed by atoms with Crippen molar-refractivity contribution in [1.29, 1.82) is 0 Å². The van der Waals surface area contributed by atoms with E-state index in [-0.39, 0.29) is 12.3 Å². The highest BCUT2D eigenvalue weighted by Crippen LogP contribution is 2.46. The fourth-order valence-corrected chi connectivity index (χ4v) is 3.52. The van der Waals surface area contributed by atoms with E-state index in [0.29, 0.717) is 18.8 Å². The molecule has 0 aromatic heterocycles. The first kappa shape index (κ1) is 19.1. The van der Waals surface area contributed by atoms with Gasteiger partial charge in [0.1, 0.15) is 6.10 Å². The van der Waals surface area contributed by atoms with Gasteiger partial charge in [0.25, 0.3) is 0 Å². The van der Waals surface area contributed by atoms with E-state index in [0.717, 1.165) is 19.3 Å². The number of hydrogen-bond donors (Lipinski definition) is 0. The predicted molar refractivity (Wildman–Crippen MR) is 84.5 cm³/mol. The van der Waals surface area contributed by atoms with E-state index >= 15 is 0 Å². The predicted octanol–water partition coefficient (Wildman–Crippen LogP) is 4.11. The Hall–Kier alpha value is -1.20. The Balaban J connectivity index is 2.00. The van der Waals surface area contributed by atoms with Gasteiger partial charge in [-0.15, -0.1) is 0 Å². The Morgan fingerprint density at radius 1 is 1.12 bits per heavy atom. The van der Waals surface area contributed by atoms with Crippen LogP contribution >= 0.6 is 0 Å². The van der Waals surface area contributed by atoms with Crippen LogP contribution in [0.2, 0.25) is 0 Å². The molecule has 2 aliphatic carbocycles. The van der Waals surface area contributed by atoms with Gasteiger partial charge in [-0.05, 0) is 64.2 Å². The van der Waals surface area contributed by atoms with Gasteiger partial charge in [-0.1, -0.05) is 13.8 Å². The Bertz CT molecular complexity index is 489. The molecular formula is C18H28F2O4. The monoisotopic (exact) mass is 346 g/mol. The quantitative estimate of drug-likeness (QED) is 0.651. The fraction of sp³-hybridized carbons (Fsp3) is 0.889. The highest BCUT2D eigenvalue weighted by Gasteiger charge is 2.53. The molecule has 2 aliphatic rings. The largest absolute Gasteiger partial charge is 0.458 e. The normalized spacial score (nSPS) is 27.8. The number of rotatable bonds is 7. The smallest absolute Gasteiger partial charge is 0.381 e. The van der Waals surface area contributed by atoms with Gasteiger partial charge in [-0.3, -0.25) is 4.79 Å². The number of halogens is 2. The maximum absolute atomic E-state index is 14.5. The second-order valence-corrected chi connectivity index (χ2v) is 7.78. The number of ether oxygens (including phenoxy) is 2. The Labute approximate surface area is 142 Å². The second kappa shape index (κ2) is 6.96. The highest BCUT2D eigenvalue weighted by atomic mass is 19.3. The molecule has 138 valence electrons. The zero-order valence-electron chi connectivity index (χ0n) is 14.9. The third-order valence-electron chi connectivity index (χ3n) is 5.66. The number of alkyl halides is 2. The molecule has 0 aliphatic heterocycles. The maximum Gasteiger partial charge on any atom is 0.381 e. The summed E-state index contributed by atoms with van der Waals surface area (Å²) in [4.78, 5) is 24.1. The van der Waals surface area contributed by atoms with Crippen molar-refractivity contribution in [2.45, 2.75) is 84.4 Å². The molecular weight excluding hydrogens is 318 g/mol. The molecule has 0 saturated heterocycles. The lowest BCUT2D eigenvalue weighted by atomic mass is 9.90. The number of carbonyl (C=O) groups is 2. The molecule has 0 spiro atoms. The summed E-state index contributed by atoms with van der Waals surface area (Å²) in [5, 5.41) is 0. The average Bonchev–Trinajstić information content (AvgIpc) is 3.14. The minimum absolute atomic E-state index is 0.148. The van der Waals surface area contributed by atoms with Crippen molar-refractivity contribution >= 4 is 11.9 Å². The van der Waals surface area contributed by atoms with Crippen molar-refractivity contribution in [2.75, 3.05) is 0 Å². The van der Waals surface area contributed by atoms with Crippen molar-refractivity contribution in [3.05, 3.63) is 0 Å². The molecule has 0 radical (unpaired) electrons. The first-order valence-corrected chi connectivity index (χ1v) is 8.91. The molecule has 4 nitrogen and oxygen atoms in total. The molecule has 0 N–H and O–H groups in total. The molecule has 2 bridgehead atoms. The van der Waals surface area contributed by atoms with Crippen molar-refractivity contribution in [2.24, 2.45) is 17.3 Å². The van der Waals surface area contributed by atoms with E-state index in [2.05, 4.69) is 0 Å². The van der Waals surface area contributed by atoms with Gasteiger partial charge in [0, 0.05) is 0 Å². The first-order valence-electron chi connectivity index (χ1n) is 8.91. The van der Waals surface area contributed by atoms with Crippen LogP contribution in [0.1, 0.15) is 66.2 Å². The molecule has 0 amide bonds. The van der Waals surface area contributed by atoms with Crippen molar-refractivity contribution in [3.8, 4) is 0 Å². The molecule has 0 aromatic rings. The van der Waals surface area contributed by atoms with Gasteiger partial charge in [0.2, 0.25) is 0 Å². The van der Waals surface area contributed by atoms with E-state index in [4.69, 9.17) is 9.47 Å². The topological polar surface area (TPSA) is 52.6 Å². The Kier molecular flexibility index (Phi) is 5.55. The zero-order valence-corrected chi connectivity index (χ0v) is 14.9. The van der Waals surface area contributed by atoms with Crippen LogP contribution < -0.4 is 0 Å². The minimum Gasteiger partial charge on any atom is -0.458 e. The van der Waals surface area contributed by atoms with Crippen LogP contribution in [0, 0.1) is 17.3 Å². The van der Waals surface area contributed by atoms with Crippen LogP contribution in [0.15, 0.2) is 0 Å². The van der Waals surface area contributed by atoms with E-state index in [9.17, 15) is 18.4 Å². The summed E-state index contributed by atoms with van der Waals surface area (Å²) in [6.07, 6.45) is 1.77. The van der Waals surface area contributed by atoms with Gasteiger partial charge in [-0.25, -0.2) is 4.79 Å². The van der Waals surface area contributed by atoms with Crippen LogP contribution in [0.5, 0.6) is 0 Å². The van der Waals surface area contributed by atoms with Gasteiger partial charge >= 0.3 is 17.9 Å². The third-order valence-corrected chi connectivity index (χ3v) is 5.66. The lowest BCUT2D eigenvalue weighted by molar-refractivity contribution is -0.207. The summed E-state index contributed by atoms with van der Waals surface area (Å²) in [7, 11) is 0. The van der Waals surface area contributed by atoms with E-state index in [1.807, 2.05) is 0 Å². The summed E-state index contributed by atoms with van der Waals surface area (Å²) < 4.78 is 39.0. The number of fused-ring (bicyclic) bond motifs is 2. The fourth-order valence-electron chi connectivity index (χ4n) is 3.52. The molecule has 0 heterocycles. The summed E-state index contributed by atoms with van der Waals surface area (Å²) in [5.74, 6) is -5.41. The molecule has 2 rings (SSSR count). The van der Waals surface area contributed by atoms with E-state index in [1.54, 1.807) is 20.8 Å². The molecule has 4 unspecified atom stereocenters. The number of carbonyl (C=O) groups excluding carboxylic acids is 2. The lowest BCUT2D eigenvalue weighted by Gasteiger charge is -2.30. The van der Waals surface area contributed by atoms with Gasteiger partial charge in [0.15, 0.2) is 6.10 Å². The highest BCUT2D eigenvalue weighted by molar-refractivity contribution is 5.80. The molecule has 2 saturated carbocycles. The molecule has 4 atom stereocenters. The number of esters is 2. The zero-order chi connectivity index (χ0) is 18.1. The average molecular weight is 346 g/mol. The van der Waals surface area contributed by atoms with Crippen molar-refractivity contribution in [3.63, 3.8) is 0 Å². The molecule has 2 fully saturated rings. The van der Waals surface area contributed by atoms with Crippen LogP contribution in [0.4, 0.5) is 8.78 Å². The molecule has 6 heteroatoms. The Morgan fingerprint density at radius 3 is 2.25 bits per heavy atom. The molecule has 24 heavy (non-hydrogen) atoms. The van der Waals surface area contributed by atoms with Crippen LogP contribution in [-0.4, -0.2) is 30.1 Å². The number of hydrogen-bond acceptors (Lipinski definition) is 4.